The number of benzene rings is 1. The summed E-state index contributed by atoms with van der Waals surface area (Å²) in [7, 11) is 0. The molecule has 0 spiro atoms. The number of aromatic nitrogens is 4. The van der Waals surface area contributed by atoms with Crippen LogP contribution in [-0.4, -0.2) is 41.2 Å². The van der Waals surface area contributed by atoms with E-state index in [0.29, 0.717) is 25.0 Å². The number of fused-ring (bicyclic) bond motifs is 1. The minimum absolute atomic E-state index is 0.314. The SMILES string of the molecule is O=C(O)C[C@@]1(O)CCCC[C@H]1n1nc(-c2c(-c3ccccc3)nn3ccccc23)ccc1=O. The number of aliphatic carboxylic acids is 1. The molecule has 33 heavy (non-hydrogen) atoms. The summed E-state index contributed by atoms with van der Waals surface area (Å²) in [5, 5.41) is 30.0. The van der Waals surface area contributed by atoms with E-state index in [4.69, 9.17) is 5.10 Å². The monoisotopic (exact) mass is 444 g/mol. The summed E-state index contributed by atoms with van der Waals surface area (Å²) in [6, 6.07) is 17.9. The molecule has 0 amide bonds. The maximum Gasteiger partial charge on any atom is 0.306 e. The van der Waals surface area contributed by atoms with Gasteiger partial charge < -0.3 is 10.2 Å². The molecule has 2 N–H and O–H groups in total. The average molecular weight is 444 g/mol. The first-order valence-corrected chi connectivity index (χ1v) is 11.0. The molecule has 1 fully saturated rings. The predicted molar refractivity (Wildman–Crippen MR) is 123 cm³/mol. The predicted octanol–water partition coefficient (Wildman–Crippen LogP) is 3.55. The van der Waals surface area contributed by atoms with Crippen molar-refractivity contribution in [1.82, 2.24) is 19.4 Å². The third-order valence-corrected chi connectivity index (χ3v) is 6.38. The Morgan fingerprint density at radius 1 is 1.03 bits per heavy atom. The van der Waals surface area contributed by atoms with Crippen molar-refractivity contribution < 1.29 is 15.0 Å². The van der Waals surface area contributed by atoms with Crippen LogP contribution in [0.4, 0.5) is 0 Å². The van der Waals surface area contributed by atoms with Crippen molar-refractivity contribution in [1.29, 1.82) is 0 Å². The van der Waals surface area contributed by atoms with E-state index in [0.717, 1.165) is 28.8 Å². The smallest absolute Gasteiger partial charge is 0.306 e. The van der Waals surface area contributed by atoms with Crippen LogP contribution in [0.5, 0.6) is 0 Å². The number of carboxylic acids is 1. The second-order valence-corrected chi connectivity index (χ2v) is 8.56. The quantitative estimate of drug-likeness (QED) is 0.487. The maximum atomic E-state index is 12.9. The summed E-state index contributed by atoms with van der Waals surface area (Å²) >= 11 is 0. The van der Waals surface area contributed by atoms with Gasteiger partial charge in [0.25, 0.3) is 5.56 Å². The lowest BCUT2D eigenvalue weighted by molar-refractivity contribution is -0.147. The van der Waals surface area contributed by atoms with Gasteiger partial charge in [0.15, 0.2) is 0 Å². The molecule has 1 aliphatic carbocycles. The fraction of sp³-hybridized carbons (Fsp3) is 0.280. The topological polar surface area (TPSA) is 110 Å². The van der Waals surface area contributed by atoms with E-state index in [1.807, 2.05) is 54.7 Å². The van der Waals surface area contributed by atoms with Crippen molar-refractivity contribution in [3.8, 4) is 22.5 Å². The Bertz CT molecular complexity index is 1380. The lowest BCUT2D eigenvalue weighted by Gasteiger charge is -2.39. The Morgan fingerprint density at radius 3 is 2.61 bits per heavy atom. The van der Waals surface area contributed by atoms with Gasteiger partial charge in [-0.25, -0.2) is 9.20 Å². The molecule has 0 radical (unpaired) electrons. The Morgan fingerprint density at radius 2 is 1.82 bits per heavy atom. The molecule has 0 bridgehead atoms. The number of aliphatic hydroxyl groups is 1. The van der Waals surface area contributed by atoms with E-state index in [1.165, 1.54) is 10.7 Å². The van der Waals surface area contributed by atoms with E-state index >= 15 is 0 Å². The van der Waals surface area contributed by atoms with Gasteiger partial charge in [-0.15, -0.1) is 0 Å². The summed E-state index contributed by atoms with van der Waals surface area (Å²) in [5.41, 5.74) is 1.89. The Labute approximate surface area is 189 Å². The second kappa shape index (κ2) is 8.29. The normalized spacial score (nSPS) is 20.7. The van der Waals surface area contributed by atoms with Crippen molar-refractivity contribution in [2.45, 2.75) is 43.7 Å². The van der Waals surface area contributed by atoms with Crippen LogP contribution in [0.3, 0.4) is 0 Å². The highest BCUT2D eigenvalue weighted by molar-refractivity contribution is 5.90. The van der Waals surface area contributed by atoms with Gasteiger partial charge in [0.1, 0.15) is 5.69 Å². The minimum atomic E-state index is -1.52. The van der Waals surface area contributed by atoms with Gasteiger partial charge in [-0.05, 0) is 31.0 Å². The number of hydrogen-bond donors (Lipinski definition) is 2. The summed E-state index contributed by atoms with van der Waals surface area (Å²) in [4.78, 5) is 24.3. The largest absolute Gasteiger partial charge is 0.481 e. The molecule has 4 aromatic rings. The number of carbonyl (C=O) groups is 1. The van der Waals surface area contributed by atoms with Crippen LogP contribution in [0, 0.1) is 0 Å². The van der Waals surface area contributed by atoms with E-state index in [2.05, 4.69) is 5.10 Å². The molecule has 8 heteroatoms. The molecule has 168 valence electrons. The van der Waals surface area contributed by atoms with Gasteiger partial charge >= 0.3 is 5.97 Å². The molecule has 1 aromatic carbocycles. The van der Waals surface area contributed by atoms with E-state index in [9.17, 15) is 19.8 Å². The standard InChI is InChI=1S/C25H24N4O4/c30-21-13-12-18(26-29(21)20-11-4-6-14-25(20,33)16-22(31)32)23-19-10-5-7-15-28(19)27-24(23)17-8-2-1-3-9-17/h1-3,5,7-10,12-13,15,20,33H,4,6,11,14,16H2,(H,31,32)/t20-,25+/m1/s1. The third-order valence-electron chi connectivity index (χ3n) is 6.38. The molecule has 8 nitrogen and oxygen atoms in total. The van der Waals surface area contributed by atoms with Gasteiger partial charge in [-0.1, -0.05) is 49.2 Å². The summed E-state index contributed by atoms with van der Waals surface area (Å²) in [6.45, 7) is 0. The maximum absolute atomic E-state index is 12.9. The first-order valence-electron chi connectivity index (χ1n) is 11.0. The minimum Gasteiger partial charge on any atom is -0.481 e. The van der Waals surface area contributed by atoms with Crippen LogP contribution >= 0.6 is 0 Å². The van der Waals surface area contributed by atoms with Crippen molar-refractivity contribution in [2.24, 2.45) is 0 Å². The number of pyridine rings is 1. The zero-order valence-electron chi connectivity index (χ0n) is 18.0. The van der Waals surface area contributed by atoms with E-state index < -0.39 is 24.0 Å². The van der Waals surface area contributed by atoms with Crippen molar-refractivity contribution in [3.05, 3.63) is 77.2 Å². The Hall–Kier alpha value is -3.78. The zero-order valence-corrected chi connectivity index (χ0v) is 18.0. The highest BCUT2D eigenvalue weighted by atomic mass is 16.4. The summed E-state index contributed by atoms with van der Waals surface area (Å²) < 4.78 is 3.05. The van der Waals surface area contributed by atoms with Crippen molar-refractivity contribution in [2.75, 3.05) is 0 Å². The van der Waals surface area contributed by atoms with Gasteiger partial charge in [0, 0.05) is 17.8 Å². The van der Waals surface area contributed by atoms with Gasteiger partial charge in [-0.3, -0.25) is 9.59 Å². The van der Waals surface area contributed by atoms with E-state index in [1.54, 1.807) is 10.6 Å². The molecule has 1 aliphatic rings. The highest BCUT2D eigenvalue weighted by Crippen LogP contribution is 2.40. The zero-order chi connectivity index (χ0) is 23.0. The van der Waals surface area contributed by atoms with Crippen LogP contribution in [-0.2, 0) is 4.79 Å². The molecular formula is C25H24N4O4. The van der Waals surface area contributed by atoms with Crippen LogP contribution in [0.1, 0.15) is 38.1 Å². The molecule has 5 rings (SSSR count). The molecular weight excluding hydrogens is 420 g/mol. The molecule has 0 aliphatic heterocycles. The van der Waals surface area contributed by atoms with Crippen molar-refractivity contribution >= 4 is 11.5 Å². The second-order valence-electron chi connectivity index (χ2n) is 8.56. The number of rotatable bonds is 5. The fourth-order valence-corrected chi connectivity index (χ4v) is 4.85. The van der Waals surface area contributed by atoms with Crippen LogP contribution in [0.15, 0.2) is 71.7 Å². The van der Waals surface area contributed by atoms with Gasteiger partial charge in [-0.2, -0.15) is 10.2 Å². The van der Waals surface area contributed by atoms with Gasteiger partial charge in [0.05, 0.1) is 34.8 Å². The van der Waals surface area contributed by atoms with Crippen LogP contribution in [0.2, 0.25) is 0 Å². The summed E-state index contributed by atoms with van der Waals surface area (Å²) in [6.07, 6.45) is 3.72. The number of hydrogen-bond acceptors (Lipinski definition) is 5. The third kappa shape index (κ3) is 3.82. The van der Waals surface area contributed by atoms with Crippen LogP contribution < -0.4 is 5.56 Å². The Kier molecular flexibility index (Phi) is 5.30. The molecule has 3 heterocycles. The highest BCUT2D eigenvalue weighted by Gasteiger charge is 2.43. The molecule has 1 saturated carbocycles. The molecule has 0 saturated heterocycles. The van der Waals surface area contributed by atoms with Gasteiger partial charge in [0.2, 0.25) is 0 Å². The summed E-state index contributed by atoms with van der Waals surface area (Å²) in [5.74, 6) is -1.09. The van der Waals surface area contributed by atoms with Crippen molar-refractivity contribution in [3.63, 3.8) is 0 Å². The Balaban J connectivity index is 1.69. The first-order chi connectivity index (χ1) is 16.0. The van der Waals surface area contributed by atoms with Crippen LogP contribution in [0.25, 0.3) is 28.0 Å². The van der Waals surface area contributed by atoms with E-state index in [-0.39, 0.29) is 5.56 Å². The number of carboxylic acid groups (broad SMARTS) is 1. The first kappa shape index (κ1) is 21.1. The number of nitrogens with zero attached hydrogens (tertiary/aromatic N) is 4. The average Bonchev–Trinajstić information content (AvgIpc) is 3.20. The molecule has 0 unspecified atom stereocenters. The lowest BCUT2D eigenvalue weighted by atomic mass is 9.78. The lowest BCUT2D eigenvalue weighted by Crippen LogP contribution is -2.47. The molecule has 3 aromatic heterocycles. The molecule has 2 atom stereocenters. The fourth-order valence-electron chi connectivity index (χ4n) is 4.85.